The molecule has 0 aliphatic heterocycles. The summed E-state index contributed by atoms with van der Waals surface area (Å²) in [5, 5.41) is 11.2. The fraction of sp³-hybridized carbons (Fsp3) is 0. The second kappa shape index (κ2) is 11.3. The van der Waals surface area contributed by atoms with E-state index in [1.165, 1.54) is 23.5 Å². The van der Waals surface area contributed by atoms with Gasteiger partial charge < -0.3 is 15.1 Å². The lowest BCUT2D eigenvalue weighted by atomic mass is 10.2. The molecule has 2 heterocycles. The Bertz CT molecular complexity index is 1390. The Morgan fingerprint density at radius 1 is 0.914 bits per heavy atom. The van der Waals surface area contributed by atoms with Crippen LogP contribution in [0.2, 0.25) is 10.0 Å². The molecule has 10 heteroatoms. The van der Waals surface area contributed by atoms with E-state index in [-0.39, 0.29) is 11.0 Å². The van der Waals surface area contributed by atoms with Gasteiger partial charge in [-0.2, -0.15) is 0 Å². The molecule has 0 spiro atoms. The van der Waals surface area contributed by atoms with Crippen molar-refractivity contribution in [2.24, 2.45) is 0 Å². The zero-order valence-electron chi connectivity index (χ0n) is 17.9. The van der Waals surface area contributed by atoms with Crippen molar-refractivity contribution >= 4 is 81.1 Å². The number of nitrogens with one attached hydrogen (secondary N) is 3. The van der Waals surface area contributed by atoms with Crippen LogP contribution in [0.4, 0.5) is 11.4 Å². The third-order valence-corrected chi connectivity index (χ3v) is 6.04. The van der Waals surface area contributed by atoms with E-state index in [1.54, 1.807) is 60.7 Å². The van der Waals surface area contributed by atoms with Crippen LogP contribution in [0.5, 0.6) is 0 Å². The summed E-state index contributed by atoms with van der Waals surface area (Å²) in [5.74, 6) is 0.406. The van der Waals surface area contributed by atoms with Crippen molar-refractivity contribution < 1.29 is 14.0 Å². The smallest absolute Gasteiger partial charge is 0.265 e. The number of carbonyl (C=O) groups is 2. The first-order valence-corrected chi connectivity index (χ1v) is 12.2. The van der Waals surface area contributed by atoms with Gasteiger partial charge in [0.05, 0.1) is 4.88 Å². The van der Waals surface area contributed by atoms with E-state index in [0.717, 1.165) is 5.56 Å². The van der Waals surface area contributed by atoms with Crippen molar-refractivity contribution in [3.63, 3.8) is 0 Å². The molecule has 3 N–H and O–H groups in total. The van der Waals surface area contributed by atoms with Crippen LogP contribution in [0.1, 0.15) is 15.4 Å². The Balaban J connectivity index is 1.31. The van der Waals surface area contributed by atoms with Gasteiger partial charge in [-0.25, -0.2) is 0 Å². The van der Waals surface area contributed by atoms with E-state index >= 15 is 0 Å². The van der Waals surface area contributed by atoms with Crippen LogP contribution in [0.15, 0.2) is 82.6 Å². The van der Waals surface area contributed by atoms with Crippen molar-refractivity contribution in [1.82, 2.24) is 5.32 Å². The molecule has 2 amide bonds. The van der Waals surface area contributed by atoms with Crippen molar-refractivity contribution in [2.45, 2.75) is 0 Å². The maximum absolute atomic E-state index is 12.3. The number of furan rings is 1. The summed E-state index contributed by atoms with van der Waals surface area (Å²) in [5.41, 5.74) is 1.93. The maximum atomic E-state index is 12.3. The average molecular weight is 542 g/mol. The summed E-state index contributed by atoms with van der Waals surface area (Å²) in [6.07, 6.45) is 2.83. The van der Waals surface area contributed by atoms with Gasteiger partial charge in [0.2, 0.25) is 5.91 Å². The van der Waals surface area contributed by atoms with Crippen LogP contribution in [0.3, 0.4) is 0 Å². The largest absolute Gasteiger partial charge is 0.457 e. The molecule has 4 rings (SSSR count). The summed E-state index contributed by atoms with van der Waals surface area (Å²) < 4.78 is 5.74. The second-order valence-corrected chi connectivity index (χ2v) is 9.38. The highest BCUT2D eigenvalue weighted by atomic mass is 35.5. The monoisotopic (exact) mass is 541 g/mol. The number of benzene rings is 2. The Labute approximate surface area is 220 Å². The van der Waals surface area contributed by atoms with Gasteiger partial charge >= 0.3 is 0 Å². The number of hydrogen-bond donors (Lipinski definition) is 3. The zero-order chi connectivity index (χ0) is 24.8. The number of thiophene rings is 1. The summed E-state index contributed by atoms with van der Waals surface area (Å²) in [7, 11) is 0. The fourth-order valence-electron chi connectivity index (χ4n) is 3.04. The minimum Gasteiger partial charge on any atom is -0.457 e. The fourth-order valence-corrected chi connectivity index (χ4v) is 4.41. The number of rotatable bonds is 6. The van der Waals surface area contributed by atoms with Crippen molar-refractivity contribution in [2.75, 3.05) is 10.6 Å². The predicted molar refractivity (Wildman–Crippen MR) is 146 cm³/mol. The van der Waals surface area contributed by atoms with Crippen LogP contribution in [0, 0.1) is 0 Å². The van der Waals surface area contributed by atoms with Crippen molar-refractivity contribution in [3.05, 3.63) is 98.9 Å². The number of thiocarbonyl (C=S) groups is 1. The van der Waals surface area contributed by atoms with E-state index in [2.05, 4.69) is 16.0 Å². The Hall–Kier alpha value is -3.43. The molecule has 0 saturated heterocycles. The second-order valence-electron chi connectivity index (χ2n) is 7.15. The first kappa shape index (κ1) is 24.7. The Kier molecular flexibility index (Phi) is 7.99. The highest BCUT2D eigenvalue weighted by Gasteiger charge is 2.09. The minimum atomic E-state index is -0.437. The molecule has 0 radical (unpaired) electrons. The molecule has 0 unspecified atom stereocenters. The van der Waals surface area contributed by atoms with Gasteiger partial charge in [-0.15, -0.1) is 11.3 Å². The third-order valence-electron chi connectivity index (χ3n) is 4.53. The van der Waals surface area contributed by atoms with Crippen LogP contribution in [-0.4, -0.2) is 16.9 Å². The number of carbonyl (C=O) groups excluding carboxylic acids is 2. The molecule has 0 aliphatic rings. The summed E-state index contributed by atoms with van der Waals surface area (Å²) in [6, 6.07) is 19.1. The van der Waals surface area contributed by atoms with Gasteiger partial charge in [0, 0.05) is 33.1 Å². The highest BCUT2D eigenvalue weighted by Crippen LogP contribution is 2.29. The molecule has 0 fully saturated rings. The van der Waals surface area contributed by atoms with Crippen LogP contribution in [-0.2, 0) is 4.79 Å². The van der Waals surface area contributed by atoms with E-state index in [0.29, 0.717) is 37.8 Å². The summed E-state index contributed by atoms with van der Waals surface area (Å²) in [4.78, 5) is 25.1. The van der Waals surface area contributed by atoms with Crippen LogP contribution < -0.4 is 16.0 Å². The molecule has 2 aromatic carbocycles. The molecule has 2 aromatic heterocycles. The van der Waals surface area contributed by atoms with Gasteiger partial charge in [-0.05, 0) is 78.3 Å². The molecule has 35 heavy (non-hydrogen) atoms. The van der Waals surface area contributed by atoms with Gasteiger partial charge in [-0.3, -0.25) is 14.9 Å². The lowest BCUT2D eigenvalue weighted by molar-refractivity contribution is -0.115. The quantitative estimate of drug-likeness (QED) is 0.179. The van der Waals surface area contributed by atoms with E-state index < -0.39 is 5.91 Å². The summed E-state index contributed by atoms with van der Waals surface area (Å²) >= 11 is 18.7. The molecule has 6 nitrogen and oxygen atoms in total. The Morgan fingerprint density at radius 2 is 1.66 bits per heavy atom. The van der Waals surface area contributed by atoms with Crippen molar-refractivity contribution in [3.8, 4) is 11.3 Å². The van der Waals surface area contributed by atoms with Gasteiger partial charge in [0.25, 0.3) is 5.91 Å². The lowest BCUT2D eigenvalue weighted by Crippen LogP contribution is -2.32. The number of hydrogen-bond acceptors (Lipinski definition) is 5. The minimum absolute atomic E-state index is 0.107. The molecular formula is C25H17Cl2N3O3S2. The lowest BCUT2D eigenvalue weighted by Gasteiger charge is -2.10. The zero-order valence-corrected chi connectivity index (χ0v) is 21.0. The van der Waals surface area contributed by atoms with Gasteiger partial charge in [0.15, 0.2) is 5.11 Å². The molecule has 0 saturated carbocycles. The number of anilines is 2. The van der Waals surface area contributed by atoms with Gasteiger partial charge in [0.1, 0.15) is 11.5 Å². The maximum Gasteiger partial charge on any atom is 0.265 e. The molecule has 176 valence electrons. The summed E-state index contributed by atoms with van der Waals surface area (Å²) in [6.45, 7) is 0. The third kappa shape index (κ3) is 7.03. The molecule has 0 aliphatic carbocycles. The average Bonchev–Trinajstić information content (AvgIpc) is 3.50. The molecule has 0 bridgehead atoms. The van der Waals surface area contributed by atoms with Crippen LogP contribution >= 0.6 is 46.8 Å². The SMILES string of the molecule is O=C(/C=C/c1ccc(-c2cc(Cl)cc(Cl)c2)o1)NC(=S)Nc1cccc(NC(=O)c2cccs2)c1. The van der Waals surface area contributed by atoms with E-state index in [9.17, 15) is 9.59 Å². The topological polar surface area (TPSA) is 83.4 Å². The first-order valence-electron chi connectivity index (χ1n) is 10.2. The highest BCUT2D eigenvalue weighted by molar-refractivity contribution is 7.80. The Morgan fingerprint density at radius 3 is 2.37 bits per heavy atom. The van der Waals surface area contributed by atoms with Crippen LogP contribution in [0.25, 0.3) is 17.4 Å². The standard InChI is InChI=1S/C25H17Cl2N3O3S2/c26-16-11-15(12-17(27)13-16)21-8-6-20(33-21)7-9-23(31)30-25(34)29-19-4-1-3-18(14-19)28-24(32)22-5-2-10-35-22/h1-14H,(H,28,32)(H2,29,30,31,34)/b9-7+. The number of amides is 2. The molecule has 4 aromatic rings. The van der Waals surface area contributed by atoms with E-state index in [4.69, 9.17) is 39.8 Å². The van der Waals surface area contributed by atoms with E-state index in [1.807, 2.05) is 11.4 Å². The van der Waals surface area contributed by atoms with Crippen molar-refractivity contribution in [1.29, 1.82) is 0 Å². The van der Waals surface area contributed by atoms with Gasteiger partial charge in [-0.1, -0.05) is 35.3 Å². The number of halogens is 2. The molecular weight excluding hydrogens is 525 g/mol. The first-order chi connectivity index (χ1) is 16.9. The molecule has 0 atom stereocenters. The normalized spacial score (nSPS) is 10.8. The predicted octanol–water partition coefficient (Wildman–Crippen LogP) is 7.09.